The lowest BCUT2D eigenvalue weighted by molar-refractivity contribution is 0.370. The van der Waals surface area contributed by atoms with Gasteiger partial charge < -0.3 is 0 Å². The Labute approximate surface area is 46.0 Å². The van der Waals surface area contributed by atoms with Crippen molar-refractivity contribution in [1.29, 1.82) is 0 Å². The van der Waals surface area contributed by atoms with Crippen LogP contribution in [0.5, 0.6) is 0 Å². The number of rotatable bonds is 2. The average Bonchev–Trinajstić information content (AvgIpc) is 1.27. The molecule has 0 unspecified atom stereocenters. The second kappa shape index (κ2) is 3.05. The first-order valence-electron chi connectivity index (χ1n) is 2.56. The van der Waals surface area contributed by atoms with E-state index in [1.807, 2.05) is 19.1 Å². The van der Waals surface area contributed by atoms with Crippen molar-refractivity contribution >= 4 is 6.85 Å². The third-order valence-corrected chi connectivity index (χ3v) is 0.516. The van der Waals surface area contributed by atoms with Crippen molar-refractivity contribution in [2.75, 3.05) is 14.1 Å². The summed E-state index contributed by atoms with van der Waals surface area (Å²) in [5.74, 6) is 0. The van der Waals surface area contributed by atoms with Gasteiger partial charge in [-0.15, -0.1) is 0 Å². The highest BCUT2D eigenvalue weighted by molar-refractivity contribution is 6.52. The molecule has 0 aliphatic heterocycles. The molecule has 0 rings (SSSR count). The molecule has 0 aromatic carbocycles. The van der Waals surface area contributed by atoms with E-state index >= 15 is 0 Å². The van der Waals surface area contributed by atoms with Crippen molar-refractivity contribution in [2.45, 2.75) is 13.6 Å². The molecular weight excluding hydrogens is 86.9 g/mol. The summed E-state index contributed by atoms with van der Waals surface area (Å²) in [7, 11) is 3.97. The van der Waals surface area contributed by atoms with Gasteiger partial charge >= 0.3 is 0 Å². The molecule has 0 saturated carbocycles. The predicted molar refractivity (Wildman–Crippen MR) is 34.3 cm³/mol. The molecule has 0 radical (unpaired) electrons. The largest absolute Gasteiger partial charge is 0.295 e. The fourth-order valence-corrected chi connectivity index (χ4v) is 0.516. The van der Waals surface area contributed by atoms with Gasteiger partial charge in [0.2, 0.25) is 6.85 Å². The van der Waals surface area contributed by atoms with Gasteiger partial charge in [0.1, 0.15) is 0 Å². The highest BCUT2D eigenvalue weighted by atomic mass is 15.4. The first-order valence-corrected chi connectivity index (χ1v) is 2.56. The molecule has 0 aromatic heterocycles. The van der Waals surface area contributed by atoms with E-state index in [0.29, 0.717) is 6.85 Å². The number of nitrogens with zero attached hydrogens (tertiary/aromatic N) is 1. The highest BCUT2D eigenvalue weighted by Gasteiger charge is 1.95. The monoisotopic (exact) mass is 100 g/mol. The number of hydrazine groups is 1. The molecule has 0 fully saturated rings. The van der Waals surface area contributed by atoms with Crippen molar-refractivity contribution in [1.82, 2.24) is 10.3 Å². The van der Waals surface area contributed by atoms with Crippen LogP contribution in [0, 0.1) is 0 Å². The Balaban J connectivity index is 2.95. The van der Waals surface area contributed by atoms with Crippen LogP contribution < -0.4 is 5.34 Å². The predicted octanol–water partition coefficient (Wildman–Crippen LogP) is 0.304. The fourth-order valence-electron chi connectivity index (χ4n) is 0.516. The third kappa shape index (κ3) is 5.98. The van der Waals surface area contributed by atoms with Gasteiger partial charge in [-0.1, -0.05) is 13.6 Å². The summed E-state index contributed by atoms with van der Waals surface area (Å²) < 4.78 is 0. The Morgan fingerprint density at radius 1 is 1.29 bits per heavy atom. The zero-order valence-electron chi connectivity index (χ0n) is 5.52. The number of hydrogen-bond acceptors (Lipinski definition) is 2. The van der Waals surface area contributed by atoms with Gasteiger partial charge in [-0.3, -0.25) is 10.3 Å². The highest BCUT2D eigenvalue weighted by Crippen LogP contribution is 1.70. The Morgan fingerprint density at radius 3 is 1.71 bits per heavy atom. The molecule has 0 atom stereocenters. The van der Waals surface area contributed by atoms with Crippen molar-refractivity contribution < 1.29 is 0 Å². The van der Waals surface area contributed by atoms with Crippen molar-refractivity contribution in [2.24, 2.45) is 0 Å². The van der Waals surface area contributed by atoms with Crippen LogP contribution >= 0.6 is 0 Å². The molecule has 0 aromatic rings. The fraction of sp³-hybridized carbons (Fsp3) is 1.00. The average molecular weight is 100.0 g/mol. The van der Waals surface area contributed by atoms with Crippen LogP contribution in [0.3, 0.4) is 0 Å². The van der Waals surface area contributed by atoms with Crippen molar-refractivity contribution in [3.05, 3.63) is 0 Å². The second-order valence-corrected chi connectivity index (χ2v) is 2.18. The molecule has 0 aliphatic rings. The Kier molecular flexibility index (Phi) is 3.04. The van der Waals surface area contributed by atoms with E-state index < -0.39 is 0 Å². The van der Waals surface area contributed by atoms with Gasteiger partial charge in [0.15, 0.2) is 0 Å². The lowest BCUT2D eigenvalue weighted by Crippen LogP contribution is -2.39. The molecule has 7 heavy (non-hydrogen) atoms. The van der Waals surface area contributed by atoms with Crippen LogP contribution in [0.15, 0.2) is 0 Å². The van der Waals surface area contributed by atoms with Gasteiger partial charge in [0.05, 0.1) is 0 Å². The summed E-state index contributed by atoms with van der Waals surface area (Å²) in [5, 5.41) is 5.09. The maximum atomic E-state index is 3.14. The van der Waals surface area contributed by atoms with E-state index in [-0.39, 0.29) is 0 Å². The standard InChI is InChI=1S/C4H13BN2/c1-5(2)6-7(3)4/h6H,1-4H3. The van der Waals surface area contributed by atoms with E-state index in [1.54, 1.807) is 0 Å². The number of nitrogens with one attached hydrogen (secondary N) is 1. The molecule has 1 N–H and O–H groups in total. The maximum absolute atomic E-state index is 3.14. The molecule has 0 aliphatic carbocycles. The van der Waals surface area contributed by atoms with Crippen molar-refractivity contribution in [3.8, 4) is 0 Å². The van der Waals surface area contributed by atoms with E-state index in [9.17, 15) is 0 Å². The minimum atomic E-state index is 0.551. The van der Waals surface area contributed by atoms with Gasteiger partial charge in [-0.2, -0.15) is 0 Å². The summed E-state index contributed by atoms with van der Waals surface area (Å²) in [4.78, 5) is 0. The lowest BCUT2D eigenvalue weighted by atomic mass is 9.70. The van der Waals surface area contributed by atoms with Crippen LogP contribution in [0.2, 0.25) is 13.6 Å². The minimum absolute atomic E-state index is 0.551. The van der Waals surface area contributed by atoms with Gasteiger partial charge in [0.25, 0.3) is 0 Å². The third-order valence-electron chi connectivity index (χ3n) is 0.516. The number of hydrogen-bond donors (Lipinski definition) is 1. The van der Waals surface area contributed by atoms with Gasteiger partial charge in [0, 0.05) is 14.1 Å². The Morgan fingerprint density at radius 2 is 1.71 bits per heavy atom. The Bertz CT molecular complexity index is 39.0. The van der Waals surface area contributed by atoms with E-state index in [1.165, 1.54) is 0 Å². The molecule has 0 bridgehead atoms. The molecule has 42 valence electrons. The first-order chi connectivity index (χ1) is 3.13. The molecule has 2 nitrogen and oxygen atoms in total. The van der Waals surface area contributed by atoms with Crippen molar-refractivity contribution in [3.63, 3.8) is 0 Å². The Hall–Kier alpha value is -0.0151. The zero-order valence-corrected chi connectivity index (χ0v) is 5.52. The first kappa shape index (κ1) is 6.98. The van der Waals surface area contributed by atoms with Gasteiger partial charge in [-0.25, -0.2) is 0 Å². The van der Waals surface area contributed by atoms with E-state index in [2.05, 4.69) is 19.0 Å². The van der Waals surface area contributed by atoms with E-state index in [0.717, 1.165) is 0 Å². The summed E-state index contributed by atoms with van der Waals surface area (Å²) in [5.41, 5.74) is 0. The zero-order chi connectivity index (χ0) is 5.86. The summed E-state index contributed by atoms with van der Waals surface area (Å²) in [6, 6.07) is 0. The van der Waals surface area contributed by atoms with Crippen LogP contribution in [-0.2, 0) is 0 Å². The van der Waals surface area contributed by atoms with Gasteiger partial charge in [-0.05, 0) is 0 Å². The molecule has 0 amide bonds. The lowest BCUT2D eigenvalue weighted by Gasteiger charge is -2.12. The molecule has 0 spiro atoms. The molecule has 0 saturated heterocycles. The van der Waals surface area contributed by atoms with Crippen LogP contribution in [-0.4, -0.2) is 26.0 Å². The summed E-state index contributed by atoms with van der Waals surface area (Å²) >= 11 is 0. The SMILES string of the molecule is CB(C)NN(C)C. The minimum Gasteiger partial charge on any atom is -0.295 e. The summed E-state index contributed by atoms with van der Waals surface area (Å²) in [6.45, 7) is 4.77. The smallest absolute Gasteiger partial charge is 0.230 e. The maximum Gasteiger partial charge on any atom is 0.230 e. The molecule has 0 heterocycles. The van der Waals surface area contributed by atoms with Crippen LogP contribution in [0.4, 0.5) is 0 Å². The summed E-state index contributed by atoms with van der Waals surface area (Å²) in [6.07, 6.45) is 0. The topological polar surface area (TPSA) is 15.3 Å². The normalized spacial score (nSPS) is 9.86. The van der Waals surface area contributed by atoms with Crippen LogP contribution in [0.25, 0.3) is 0 Å². The molecular formula is C4H13BN2. The van der Waals surface area contributed by atoms with E-state index in [4.69, 9.17) is 0 Å². The second-order valence-electron chi connectivity index (χ2n) is 2.18. The molecule has 3 heteroatoms. The quantitative estimate of drug-likeness (QED) is 0.396. The van der Waals surface area contributed by atoms with Crippen LogP contribution in [0.1, 0.15) is 0 Å².